The lowest BCUT2D eigenvalue weighted by Gasteiger charge is -2.24. The monoisotopic (exact) mass is 390 g/mol. The molecule has 1 aromatic rings. The zero-order valence-electron chi connectivity index (χ0n) is 14.8. The van der Waals surface area contributed by atoms with Crippen molar-refractivity contribution in [1.29, 1.82) is 0 Å². The number of halogens is 1. The van der Waals surface area contributed by atoms with Gasteiger partial charge in [0.15, 0.2) is 6.10 Å². The lowest BCUT2D eigenvalue weighted by atomic mass is 10.1. The smallest absolute Gasteiger partial charge is 0.325 e. The summed E-state index contributed by atoms with van der Waals surface area (Å²) < 4.78 is 32.4. The molecular formula is C16H23ClN2O5S. The van der Waals surface area contributed by atoms with Gasteiger partial charge in [-0.25, -0.2) is 8.42 Å². The van der Waals surface area contributed by atoms with Crippen LogP contribution in [-0.4, -0.2) is 51.4 Å². The average Bonchev–Trinajstić information content (AvgIpc) is 2.51. The lowest BCUT2D eigenvalue weighted by Crippen LogP contribution is -2.47. The number of sulfonamides is 1. The first-order valence-corrected chi connectivity index (χ1v) is 9.51. The molecular weight excluding hydrogens is 368 g/mol. The van der Waals surface area contributed by atoms with Gasteiger partial charge in [0.1, 0.15) is 6.04 Å². The number of carbonyl (C=O) groups is 2. The number of hydrogen-bond donors (Lipinski definition) is 1. The van der Waals surface area contributed by atoms with Gasteiger partial charge >= 0.3 is 5.97 Å². The highest BCUT2D eigenvalue weighted by Crippen LogP contribution is 2.17. The molecule has 0 bridgehead atoms. The first-order valence-electron chi connectivity index (χ1n) is 7.65. The molecule has 1 aromatic carbocycles. The van der Waals surface area contributed by atoms with Crippen LogP contribution in [0.15, 0.2) is 29.2 Å². The summed E-state index contributed by atoms with van der Waals surface area (Å²) in [4.78, 5) is 25.4. The van der Waals surface area contributed by atoms with Gasteiger partial charge in [0.25, 0.3) is 5.91 Å². The maximum Gasteiger partial charge on any atom is 0.325 e. The maximum atomic E-state index is 12.5. The zero-order chi connectivity index (χ0) is 19.4. The van der Waals surface area contributed by atoms with Crippen LogP contribution in [-0.2, 0) is 24.3 Å². The van der Waals surface area contributed by atoms with Crippen LogP contribution in [0.2, 0.25) is 5.02 Å². The molecule has 0 saturated heterocycles. The number of nitrogens with zero attached hydrogens (tertiary/aromatic N) is 1. The van der Waals surface area contributed by atoms with Gasteiger partial charge in [0, 0.05) is 19.1 Å². The standard InChI is InChI=1S/C16H23ClN2O5S/c1-10(2)14(16(21)24-11(3)15(20)19(4)5)18-25(22,23)13-8-6-7-12(17)9-13/h6-11,14,18H,1-5H3/t11-,14-/m0/s1. The molecule has 0 spiro atoms. The second-order valence-corrected chi connectivity index (χ2v) is 8.26. The van der Waals surface area contributed by atoms with Crippen LogP contribution in [0.5, 0.6) is 0 Å². The second-order valence-electron chi connectivity index (χ2n) is 6.11. The summed E-state index contributed by atoms with van der Waals surface area (Å²) in [5, 5.41) is 0.261. The van der Waals surface area contributed by atoms with Gasteiger partial charge in [-0.1, -0.05) is 31.5 Å². The number of esters is 1. The molecule has 1 rings (SSSR count). The number of amides is 1. The minimum atomic E-state index is -3.98. The molecule has 7 nitrogen and oxygen atoms in total. The number of benzene rings is 1. The van der Waals surface area contributed by atoms with Crippen LogP contribution in [0, 0.1) is 5.92 Å². The van der Waals surface area contributed by atoms with Crippen molar-refractivity contribution >= 4 is 33.5 Å². The van der Waals surface area contributed by atoms with Gasteiger partial charge < -0.3 is 9.64 Å². The Morgan fingerprint density at radius 1 is 1.20 bits per heavy atom. The van der Waals surface area contributed by atoms with Crippen molar-refractivity contribution in [1.82, 2.24) is 9.62 Å². The Hall–Kier alpha value is -1.64. The normalized spacial score (nSPS) is 14.0. The Morgan fingerprint density at radius 3 is 2.28 bits per heavy atom. The molecule has 0 aliphatic rings. The number of ether oxygens (including phenoxy) is 1. The minimum absolute atomic E-state index is 0.0594. The minimum Gasteiger partial charge on any atom is -0.451 e. The fourth-order valence-electron chi connectivity index (χ4n) is 1.99. The first kappa shape index (κ1) is 21.4. The van der Waals surface area contributed by atoms with Crippen molar-refractivity contribution in [3.8, 4) is 0 Å². The Labute approximate surface area is 153 Å². The van der Waals surface area contributed by atoms with Crippen LogP contribution in [0.25, 0.3) is 0 Å². The van der Waals surface area contributed by atoms with Gasteiger partial charge in [-0.15, -0.1) is 0 Å². The molecule has 9 heteroatoms. The largest absolute Gasteiger partial charge is 0.451 e. The number of likely N-dealkylation sites (N-methyl/N-ethyl adjacent to an activating group) is 1. The summed E-state index contributed by atoms with van der Waals surface area (Å²) in [7, 11) is -0.903. The highest BCUT2D eigenvalue weighted by Gasteiger charge is 2.32. The van der Waals surface area contributed by atoms with E-state index in [0.717, 1.165) is 0 Å². The third-order valence-corrected chi connectivity index (χ3v) is 5.06. The lowest BCUT2D eigenvalue weighted by molar-refractivity contribution is -0.160. The van der Waals surface area contributed by atoms with Crippen molar-refractivity contribution in [2.24, 2.45) is 5.92 Å². The predicted molar refractivity (Wildman–Crippen MR) is 94.6 cm³/mol. The fourth-order valence-corrected chi connectivity index (χ4v) is 3.62. The van der Waals surface area contributed by atoms with Crippen LogP contribution >= 0.6 is 11.6 Å². The first-order chi connectivity index (χ1) is 11.5. The van der Waals surface area contributed by atoms with Crippen LogP contribution < -0.4 is 4.72 Å². The zero-order valence-corrected chi connectivity index (χ0v) is 16.4. The van der Waals surface area contributed by atoms with E-state index in [4.69, 9.17) is 16.3 Å². The van der Waals surface area contributed by atoms with E-state index in [2.05, 4.69) is 4.72 Å². The summed E-state index contributed by atoms with van der Waals surface area (Å²) >= 11 is 5.82. The molecule has 0 aliphatic carbocycles. The number of rotatable bonds is 7. The van der Waals surface area contributed by atoms with E-state index in [-0.39, 0.29) is 15.8 Å². The van der Waals surface area contributed by atoms with Crippen molar-refractivity contribution in [3.63, 3.8) is 0 Å². The van der Waals surface area contributed by atoms with Gasteiger partial charge in [0.05, 0.1) is 4.90 Å². The summed E-state index contributed by atoms with van der Waals surface area (Å²) in [6, 6.07) is 4.56. The Balaban J connectivity index is 2.97. The summed E-state index contributed by atoms with van der Waals surface area (Å²) in [6.45, 7) is 4.78. The molecule has 25 heavy (non-hydrogen) atoms. The topological polar surface area (TPSA) is 92.8 Å². The van der Waals surface area contributed by atoms with E-state index >= 15 is 0 Å². The van der Waals surface area contributed by atoms with E-state index in [9.17, 15) is 18.0 Å². The SMILES string of the molecule is CC(C)[C@H](NS(=O)(=O)c1cccc(Cl)c1)C(=O)O[C@@H](C)C(=O)N(C)C. The molecule has 1 N–H and O–H groups in total. The van der Waals surface area contributed by atoms with Crippen molar-refractivity contribution in [2.75, 3.05) is 14.1 Å². The molecule has 0 fully saturated rings. The van der Waals surface area contributed by atoms with E-state index in [0.29, 0.717) is 0 Å². The molecule has 0 saturated carbocycles. The van der Waals surface area contributed by atoms with E-state index in [1.807, 2.05) is 0 Å². The highest BCUT2D eigenvalue weighted by molar-refractivity contribution is 7.89. The molecule has 0 aliphatic heterocycles. The van der Waals surface area contributed by atoms with Crippen molar-refractivity contribution < 1.29 is 22.7 Å². The third kappa shape index (κ3) is 5.98. The summed E-state index contributed by atoms with van der Waals surface area (Å²) in [5.74, 6) is -1.60. The summed E-state index contributed by atoms with van der Waals surface area (Å²) in [5.41, 5.74) is 0. The van der Waals surface area contributed by atoms with Gasteiger partial charge in [0.2, 0.25) is 10.0 Å². The highest BCUT2D eigenvalue weighted by atomic mass is 35.5. The fraction of sp³-hybridized carbons (Fsp3) is 0.500. The molecule has 0 unspecified atom stereocenters. The summed E-state index contributed by atoms with van der Waals surface area (Å²) in [6.07, 6.45) is -1.01. The Kier molecular flexibility index (Phi) is 7.40. The number of hydrogen-bond acceptors (Lipinski definition) is 5. The van der Waals surface area contributed by atoms with Gasteiger partial charge in [-0.05, 0) is 31.0 Å². The molecule has 0 heterocycles. The van der Waals surface area contributed by atoms with Gasteiger partial charge in [-0.3, -0.25) is 9.59 Å². The molecule has 2 atom stereocenters. The maximum absolute atomic E-state index is 12.5. The predicted octanol–water partition coefficient (Wildman–Crippen LogP) is 1.66. The van der Waals surface area contributed by atoms with E-state index < -0.39 is 34.0 Å². The molecule has 1 amide bonds. The third-order valence-electron chi connectivity index (χ3n) is 3.39. The van der Waals surface area contributed by atoms with Gasteiger partial charge in [-0.2, -0.15) is 4.72 Å². The van der Waals surface area contributed by atoms with Crippen LogP contribution in [0.4, 0.5) is 0 Å². The Morgan fingerprint density at radius 2 is 1.80 bits per heavy atom. The number of nitrogens with one attached hydrogen (secondary N) is 1. The van der Waals surface area contributed by atoms with Crippen molar-refractivity contribution in [2.45, 2.75) is 37.8 Å². The van der Waals surface area contributed by atoms with Crippen molar-refractivity contribution in [3.05, 3.63) is 29.3 Å². The Bertz CT molecular complexity index is 734. The average molecular weight is 391 g/mol. The van der Waals surface area contributed by atoms with Crippen LogP contribution in [0.3, 0.4) is 0 Å². The quantitative estimate of drug-likeness (QED) is 0.715. The molecule has 140 valence electrons. The molecule has 0 aromatic heterocycles. The molecule has 0 radical (unpaired) electrons. The second kappa shape index (κ2) is 8.64. The van der Waals surface area contributed by atoms with E-state index in [1.54, 1.807) is 19.9 Å². The van der Waals surface area contributed by atoms with E-state index in [1.165, 1.54) is 44.1 Å². The van der Waals surface area contributed by atoms with Crippen LogP contribution in [0.1, 0.15) is 20.8 Å². The number of carbonyl (C=O) groups excluding carboxylic acids is 2.